The molecule has 1 amide bonds. The van der Waals surface area contributed by atoms with Gasteiger partial charge in [-0.3, -0.25) is 9.69 Å². The number of halogens is 3. The summed E-state index contributed by atoms with van der Waals surface area (Å²) in [7, 11) is 3.95. The van der Waals surface area contributed by atoms with Crippen molar-refractivity contribution in [1.29, 1.82) is 0 Å². The SMILES string of the molecule is CC(C)C1CN(C)CCN1Cc1cc2c(c(C(F)(F)F)c1)CN(c1cccc([C@@H](c3nncn3C)C3COC3)c1)C2=O. The summed E-state index contributed by atoms with van der Waals surface area (Å²) in [6.45, 7) is 8.17. The fraction of sp³-hybridized carbons (Fsp3) is 0.516. The molecule has 2 fully saturated rings. The summed E-state index contributed by atoms with van der Waals surface area (Å²) < 4.78 is 50.6. The molecule has 2 saturated heterocycles. The molecule has 11 heteroatoms. The molecule has 42 heavy (non-hydrogen) atoms. The van der Waals surface area contributed by atoms with E-state index in [1.807, 2.05) is 29.8 Å². The Labute approximate surface area is 244 Å². The number of alkyl halides is 3. The van der Waals surface area contributed by atoms with E-state index in [1.165, 1.54) is 11.0 Å². The van der Waals surface area contributed by atoms with Gasteiger partial charge >= 0.3 is 6.18 Å². The third kappa shape index (κ3) is 5.33. The minimum Gasteiger partial charge on any atom is -0.381 e. The molecule has 0 radical (unpaired) electrons. The van der Waals surface area contributed by atoms with Crippen molar-refractivity contribution < 1.29 is 22.7 Å². The highest BCUT2D eigenvalue weighted by Crippen LogP contribution is 2.41. The number of ether oxygens (including phenoxy) is 1. The number of carbonyl (C=O) groups is 1. The van der Waals surface area contributed by atoms with Crippen LogP contribution in [0.2, 0.25) is 0 Å². The predicted octanol–water partition coefficient (Wildman–Crippen LogP) is 4.54. The van der Waals surface area contributed by atoms with E-state index in [9.17, 15) is 18.0 Å². The van der Waals surface area contributed by atoms with Gasteiger partial charge in [0.05, 0.1) is 31.2 Å². The van der Waals surface area contributed by atoms with E-state index in [1.54, 1.807) is 18.5 Å². The van der Waals surface area contributed by atoms with Gasteiger partial charge in [-0.1, -0.05) is 26.0 Å². The Morgan fingerprint density at radius 2 is 1.88 bits per heavy atom. The van der Waals surface area contributed by atoms with Crippen LogP contribution in [0.3, 0.4) is 0 Å². The normalized spacial score (nSPS) is 21.2. The maximum Gasteiger partial charge on any atom is 0.416 e. The topological polar surface area (TPSA) is 66.7 Å². The van der Waals surface area contributed by atoms with Gasteiger partial charge in [-0.25, -0.2) is 0 Å². The summed E-state index contributed by atoms with van der Waals surface area (Å²) in [6, 6.07) is 10.7. The van der Waals surface area contributed by atoms with Crippen molar-refractivity contribution >= 4 is 11.6 Å². The first-order valence-electron chi connectivity index (χ1n) is 14.5. The van der Waals surface area contributed by atoms with Gasteiger partial charge in [0.1, 0.15) is 12.2 Å². The number of aromatic nitrogens is 3. The molecule has 8 nitrogen and oxygen atoms in total. The number of hydrogen-bond donors (Lipinski definition) is 0. The maximum absolute atomic E-state index is 14.4. The Morgan fingerprint density at radius 3 is 2.52 bits per heavy atom. The highest BCUT2D eigenvalue weighted by atomic mass is 19.4. The van der Waals surface area contributed by atoms with Crippen LogP contribution in [0.4, 0.5) is 18.9 Å². The van der Waals surface area contributed by atoms with Crippen LogP contribution in [0.1, 0.15) is 58.2 Å². The monoisotopic (exact) mass is 582 g/mol. The fourth-order valence-electron chi connectivity index (χ4n) is 6.61. The van der Waals surface area contributed by atoms with Crippen molar-refractivity contribution in [2.45, 2.75) is 45.1 Å². The Hall–Kier alpha value is -3.28. The van der Waals surface area contributed by atoms with Gasteiger partial charge in [0.15, 0.2) is 0 Å². The second-order valence-electron chi connectivity index (χ2n) is 12.3. The highest BCUT2D eigenvalue weighted by molar-refractivity contribution is 6.10. The molecule has 3 aromatic rings. The van der Waals surface area contributed by atoms with E-state index in [2.05, 4.69) is 40.9 Å². The number of piperazine rings is 1. The molecule has 0 saturated carbocycles. The van der Waals surface area contributed by atoms with Gasteiger partial charge in [-0.05, 0) is 53.9 Å². The van der Waals surface area contributed by atoms with Gasteiger partial charge in [-0.15, -0.1) is 10.2 Å². The lowest BCUT2D eigenvalue weighted by molar-refractivity contribution is -0.138. The van der Waals surface area contributed by atoms with Crippen molar-refractivity contribution in [3.8, 4) is 0 Å². The molecule has 4 heterocycles. The highest BCUT2D eigenvalue weighted by Gasteiger charge is 2.41. The first-order valence-corrected chi connectivity index (χ1v) is 14.5. The number of hydrogen-bond acceptors (Lipinski definition) is 6. The summed E-state index contributed by atoms with van der Waals surface area (Å²) in [4.78, 5) is 19.8. The molecule has 3 aliphatic rings. The van der Waals surface area contributed by atoms with Crippen LogP contribution < -0.4 is 4.90 Å². The minimum atomic E-state index is -4.57. The number of nitrogens with zero attached hydrogens (tertiary/aromatic N) is 6. The van der Waals surface area contributed by atoms with Crippen LogP contribution in [-0.4, -0.2) is 76.4 Å². The lowest BCUT2D eigenvalue weighted by Crippen LogP contribution is -2.53. The molecule has 0 N–H and O–H groups in total. The zero-order valence-corrected chi connectivity index (χ0v) is 24.4. The number of carbonyl (C=O) groups excluding carboxylic acids is 1. The van der Waals surface area contributed by atoms with Crippen LogP contribution in [-0.2, 0) is 31.1 Å². The smallest absolute Gasteiger partial charge is 0.381 e. The second-order valence-corrected chi connectivity index (χ2v) is 12.3. The summed E-state index contributed by atoms with van der Waals surface area (Å²) in [5.74, 6) is 0.810. The van der Waals surface area contributed by atoms with Gasteiger partial charge in [-0.2, -0.15) is 13.2 Å². The number of amides is 1. The zero-order chi connectivity index (χ0) is 29.8. The second kappa shape index (κ2) is 11.1. The van der Waals surface area contributed by atoms with E-state index < -0.39 is 17.6 Å². The predicted molar refractivity (Wildman–Crippen MR) is 152 cm³/mol. The fourth-order valence-corrected chi connectivity index (χ4v) is 6.61. The summed E-state index contributed by atoms with van der Waals surface area (Å²) in [5.41, 5.74) is 1.46. The molecule has 6 rings (SSSR count). The lowest BCUT2D eigenvalue weighted by Gasteiger charge is -2.42. The first kappa shape index (κ1) is 28.8. The number of aryl methyl sites for hydroxylation is 1. The lowest BCUT2D eigenvalue weighted by atomic mass is 9.83. The van der Waals surface area contributed by atoms with Crippen molar-refractivity contribution in [2.24, 2.45) is 18.9 Å². The molecule has 0 bridgehead atoms. The quantitative estimate of drug-likeness (QED) is 0.408. The van der Waals surface area contributed by atoms with Gasteiger partial charge in [0.25, 0.3) is 5.91 Å². The Morgan fingerprint density at radius 1 is 1.10 bits per heavy atom. The number of benzene rings is 2. The molecule has 2 aromatic carbocycles. The van der Waals surface area contributed by atoms with Crippen LogP contribution in [0.5, 0.6) is 0 Å². The molecule has 224 valence electrons. The van der Waals surface area contributed by atoms with Crippen LogP contribution >= 0.6 is 0 Å². The molecular weight excluding hydrogens is 545 g/mol. The molecule has 2 atom stereocenters. The van der Waals surface area contributed by atoms with Gasteiger partial charge < -0.3 is 19.1 Å². The number of likely N-dealkylation sites (N-methyl/N-ethyl adjacent to an activating group) is 1. The minimum absolute atomic E-state index is 0.0395. The Balaban J connectivity index is 1.33. The summed E-state index contributed by atoms with van der Waals surface area (Å²) in [6.07, 6.45) is -2.92. The van der Waals surface area contributed by atoms with Gasteiger partial charge in [0, 0.05) is 56.4 Å². The summed E-state index contributed by atoms with van der Waals surface area (Å²) >= 11 is 0. The first-order chi connectivity index (χ1) is 20.0. The molecule has 1 unspecified atom stereocenters. The van der Waals surface area contributed by atoms with Gasteiger partial charge in [0.2, 0.25) is 0 Å². The van der Waals surface area contributed by atoms with Crippen molar-refractivity contribution in [1.82, 2.24) is 24.6 Å². The van der Waals surface area contributed by atoms with E-state index >= 15 is 0 Å². The Kier molecular flexibility index (Phi) is 7.61. The third-order valence-corrected chi connectivity index (χ3v) is 9.00. The molecule has 0 aliphatic carbocycles. The number of anilines is 1. The van der Waals surface area contributed by atoms with E-state index in [0.29, 0.717) is 36.9 Å². The average Bonchev–Trinajstić information content (AvgIpc) is 3.48. The zero-order valence-electron chi connectivity index (χ0n) is 24.4. The van der Waals surface area contributed by atoms with E-state index in [0.717, 1.165) is 31.0 Å². The van der Waals surface area contributed by atoms with E-state index in [-0.39, 0.29) is 35.5 Å². The molecule has 3 aliphatic heterocycles. The van der Waals surface area contributed by atoms with Crippen molar-refractivity contribution in [2.75, 3.05) is 44.8 Å². The van der Waals surface area contributed by atoms with Crippen LogP contribution in [0, 0.1) is 11.8 Å². The Bertz CT molecular complexity index is 1470. The summed E-state index contributed by atoms with van der Waals surface area (Å²) in [5, 5.41) is 8.38. The molecule has 1 aromatic heterocycles. The van der Waals surface area contributed by atoms with E-state index in [4.69, 9.17) is 4.74 Å². The maximum atomic E-state index is 14.4. The third-order valence-electron chi connectivity index (χ3n) is 9.00. The number of rotatable bonds is 7. The largest absolute Gasteiger partial charge is 0.416 e. The van der Waals surface area contributed by atoms with Crippen LogP contribution in [0.25, 0.3) is 0 Å². The number of fused-ring (bicyclic) bond motifs is 1. The van der Waals surface area contributed by atoms with Crippen molar-refractivity contribution in [3.63, 3.8) is 0 Å². The average molecular weight is 583 g/mol. The molecule has 0 spiro atoms. The molecular formula is C31H37F3N6O2. The van der Waals surface area contributed by atoms with Crippen molar-refractivity contribution in [3.05, 3.63) is 76.4 Å². The van der Waals surface area contributed by atoms with Crippen LogP contribution in [0.15, 0.2) is 42.7 Å². The standard InChI is InChI=1S/C31H37F3N6O2/c1-19(2)27-15-37(3)8-9-39(27)13-20-10-24-25(26(11-20)31(32,33)34)14-40(30(24)41)23-7-5-6-21(12-23)28(22-16-42-17-22)29-36-35-18-38(29)4/h5-7,10-12,18-19,22,27-28H,8-9,13-17H2,1-4H3/t27?,28-/m1/s1.